The fourth-order valence-corrected chi connectivity index (χ4v) is 2.06. The van der Waals surface area contributed by atoms with Gasteiger partial charge in [-0.1, -0.05) is 23.9 Å². The van der Waals surface area contributed by atoms with Crippen LogP contribution in [0, 0.1) is 0 Å². The van der Waals surface area contributed by atoms with Gasteiger partial charge in [-0.15, -0.1) is 11.3 Å². The van der Waals surface area contributed by atoms with Crippen LogP contribution >= 0.6 is 23.1 Å². The molecule has 14 heavy (non-hydrogen) atoms. The van der Waals surface area contributed by atoms with Crippen molar-refractivity contribution in [2.45, 2.75) is 13.5 Å². The molecule has 0 radical (unpaired) electrons. The highest BCUT2D eigenvalue weighted by Crippen LogP contribution is 2.16. The Morgan fingerprint density at radius 3 is 3.07 bits per heavy atom. The number of hydrogen-bond acceptors (Lipinski definition) is 4. The zero-order chi connectivity index (χ0) is 10.4. The van der Waals surface area contributed by atoms with Crippen LogP contribution in [0.3, 0.4) is 0 Å². The van der Waals surface area contributed by atoms with Gasteiger partial charge in [0.2, 0.25) is 0 Å². The topological polar surface area (TPSA) is 37.3 Å². The molecule has 0 unspecified atom stereocenters. The maximum atomic E-state index is 10.6. The second-order valence-electron chi connectivity index (χ2n) is 2.71. The molecule has 1 aromatic heterocycles. The predicted octanol–water partition coefficient (Wildman–Crippen LogP) is 2.53. The monoisotopic (exact) mass is 228 g/mol. The van der Waals surface area contributed by atoms with Gasteiger partial charge in [0.25, 0.3) is 0 Å². The average molecular weight is 228 g/mol. The van der Waals surface area contributed by atoms with E-state index >= 15 is 0 Å². The largest absolute Gasteiger partial charge is 0.391 e. The molecule has 0 aliphatic heterocycles. The third-order valence-corrected chi connectivity index (χ3v) is 3.23. The van der Waals surface area contributed by atoms with Gasteiger partial charge in [0.15, 0.2) is 5.12 Å². The molecular formula is C10H12O2S2. The first-order valence-corrected chi connectivity index (χ1v) is 6.07. The summed E-state index contributed by atoms with van der Waals surface area (Å²) >= 11 is 2.83. The molecular weight excluding hydrogens is 216 g/mol. The molecule has 0 atom stereocenters. The van der Waals surface area contributed by atoms with E-state index in [1.807, 2.05) is 23.6 Å². The summed E-state index contributed by atoms with van der Waals surface area (Å²) < 4.78 is 0. The van der Waals surface area contributed by atoms with E-state index in [9.17, 15) is 4.79 Å². The number of thioether (sulfide) groups is 1. The molecule has 0 saturated carbocycles. The molecule has 0 bridgehead atoms. The minimum atomic E-state index is 0.0979. The lowest BCUT2D eigenvalue weighted by atomic mass is 10.3. The number of carbonyl (C=O) groups is 1. The van der Waals surface area contributed by atoms with Crippen molar-refractivity contribution in [3.05, 3.63) is 28.0 Å². The second-order valence-corrected chi connectivity index (χ2v) is 4.90. The van der Waals surface area contributed by atoms with Gasteiger partial charge in [0.05, 0.1) is 6.61 Å². The molecule has 76 valence electrons. The third kappa shape index (κ3) is 4.09. The summed E-state index contributed by atoms with van der Waals surface area (Å²) in [7, 11) is 0. The first kappa shape index (κ1) is 11.5. The third-order valence-electron chi connectivity index (χ3n) is 1.52. The van der Waals surface area contributed by atoms with Crippen LogP contribution in [-0.4, -0.2) is 16.0 Å². The lowest BCUT2D eigenvalue weighted by molar-refractivity contribution is -0.109. The fraction of sp³-hybridized carbons (Fsp3) is 0.300. The molecule has 1 N–H and O–H groups in total. The van der Waals surface area contributed by atoms with Crippen LogP contribution in [0.1, 0.15) is 17.4 Å². The normalized spacial score (nSPS) is 11.0. The highest BCUT2D eigenvalue weighted by Gasteiger charge is 1.94. The van der Waals surface area contributed by atoms with E-state index in [1.54, 1.807) is 6.92 Å². The van der Waals surface area contributed by atoms with Crippen LogP contribution in [0.4, 0.5) is 0 Å². The molecule has 2 nitrogen and oxygen atoms in total. The van der Waals surface area contributed by atoms with Gasteiger partial charge in [-0.25, -0.2) is 0 Å². The number of aliphatic hydroxyl groups excluding tert-OH is 1. The number of rotatable bonds is 4. The number of aliphatic hydroxyl groups is 1. The summed E-state index contributed by atoms with van der Waals surface area (Å²) in [5, 5.41) is 11.0. The minimum absolute atomic E-state index is 0.0979. The second kappa shape index (κ2) is 6.01. The molecule has 0 spiro atoms. The first-order valence-electron chi connectivity index (χ1n) is 4.20. The van der Waals surface area contributed by atoms with Crippen LogP contribution in [0.15, 0.2) is 17.5 Å². The van der Waals surface area contributed by atoms with Crippen LogP contribution in [0.25, 0.3) is 6.08 Å². The SMILES string of the molecule is CC(=O)SCC=Cc1csc(CO)c1. The maximum Gasteiger partial charge on any atom is 0.186 e. The van der Waals surface area contributed by atoms with Gasteiger partial charge in [-0.2, -0.15) is 0 Å². The molecule has 0 aliphatic rings. The van der Waals surface area contributed by atoms with Crippen molar-refractivity contribution in [2.75, 3.05) is 5.75 Å². The summed E-state index contributed by atoms with van der Waals surface area (Å²) in [5.74, 6) is 0.708. The van der Waals surface area contributed by atoms with Gasteiger partial charge in [0.1, 0.15) is 0 Å². The number of thiophene rings is 1. The molecule has 1 heterocycles. The maximum absolute atomic E-state index is 10.6. The predicted molar refractivity (Wildman–Crippen MR) is 62.4 cm³/mol. The van der Waals surface area contributed by atoms with Crippen LogP contribution < -0.4 is 0 Å². The van der Waals surface area contributed by atoms with Gasteiger partial charge in [-0.3, -0.25) is 4.79 Å². The molecule has 1 rings (SSSR count). The highest BCUT2D eigenvalue weighted by molar-refractivity contribution is 8.13. The van der Waals surface area contributed by atoms with E-state index in [0.717, 1.165) is 10.4 Å². The van der Waals surface area contributed by atoms with E-state index < -0.39 is 0 Å². The van der Waals surface area contributed by atoms with Crippen LogP contribution in [-0.2, 0) is 11.4 Å². The Hall–Kier alpha value is -0.580. The van der Waals surface area contributed by atoms with Crippen molar-refractivity contribution in [3.63, 3.8) is 0 Å². The summed E-state index contributed by atoms with van der Waals surface area (Å²) in [6.07, 6.45) is 3.92. The van der Waals surface area contributed by atoms with E-state index in [1.165, 1.54) is 23.1 Å². The Morgan fingerprint density at radius 2 is 2.50 bits per heavy atom. The molecule has 1 aromatic rings. The Morgan fingerprint density at radius 1 is 1.71 bits per heavy atom. The molecule has 0 aliphatic carbocycles. The summed E-state index contributed by atoms with van der Waals surface area (Å²) in [6.45, 7) is 1.66. The highest BCUT2D eigenvalue weighted by atomic mass is 32.2. The summed E-state index contributed by atoms with van der Waals surface area (Å²) in [4.78, 5) is 11.6. The molecule has 0 amide bonds. The summed E-state index contributed by atoms with van der Waals surface area (Å²) in [5.41, 5.74) is 1.09. The quantitative estimate of drug-likeness (QED) is 0.860. The smallest absolute Gasteiger partial charge is 0.186 e. The fourth-order valence-electron chi connectivity index (χ4n) is 0.918. The molecule has 0 aromatic carbocycles. The van der Waals surface area contributed by atoms with Crippen molar-refractivity contribution < 1.29 is 9.90 Å². The standard InChI is InChI=1S/C10H12O2S2/c1-8(12)13-4-2-3-9-5-10(6-11)14-7-9/h2-3,5,7,11H,4,6H2,1H3. The zero-order valence-electron chi connectivity index (χ0n) is 7.90. The van der Waals surface area contributed by atoms with Crippen molar-refractivity contribution in [3.8, 4) is 0 Å². The molecule has 4 heteroatoms. The average Bonchev–Trinajstić information content (AvgIpc) is 2.60. The minimum Gasteiger partial charge on any atom is -0.391 e. The first-order chi connectivity index (χ1) is 6.72. The lowest BCUT2D eigenvalue weighted by Gasteiger charge is -1.87. The molecule has 0 fully saturated rings. The van der Waals surface area contributed by atoms with Crippen molar-refractivity contribution in [2.24, 2.45) is 0 Å². The van der Waals surface area contributed by atoms with E-state index in [4.69, 9.17) is 5.11 Å². The van der Waals surface area contributed by atoms with E-state index in [-0.39, 0.29) is 11.7 Å². The Balaban J connectivity index is 2.39. The van der Waals surface area contributed by atoms with Crippen LogP contribution in [0.5, 0.6) is 0 Å². The zero-order valence-corrected chi connectivity index (χ0v) is 9.53. The van der Waals surface area contributed by atoms with Crippen molar-refractivity contribution in [1.82, 2.24) is 0 Å². The lowest BCUT2D eigenvalue weighted by Crippen LogP contribution is -1.81. The Bertz CT molecular complexity index is 329. The van der Waals surface area contributed by atoms with Crippen molar-refractivity contribution in [1.29, 1.82) is 0 Å². The van der Waals surface area contributed by atoms with Gasteiger partial charge in [0, 0.05) is 17.6 Å². The van der Waals surface area contributed by atoms with E-state index in [0.29, 0.717) is 5.75 Å². The van der Waals surface area contributed by atoms with E-state index in [2.05, 4.69) is 0 Å². The molecule has 0 saturated heterocycles. The number of hydrogen-bond donors (Lipinski definition) is 1. The Kier molecular flexibility index (Phi) is 4.93. The Labute approximate surface area is 91.7 Å². The summed E-state index contributed by atoms with van der Waals surface area (Å²) in [6, 6.07) is 1.94. The number of carbonyl (C=O) groups excluding carboxylic acids is 1. The van der Waals surface area contributed by atoms with Gasteiger partial charge >= 0.3 is 0 Å². The van der Waals surface area contributed by atoms with Gasteiger partial charge < -0.3 is 5.11 Å². The van der Waals surface area contributed by atoms with Crippen molar-refractivity contribution >= 4 is 34.3 Å². The van der Waals surface area contributed by atoms with Gasteiger partial charge in [-0.05, 0) is 17.0 Å². The van der Waals surface area contributed by atoms with Crippen LogP contribution in [0.2, 0.25) is 0 Å².